The van der Waals surface area contributed by atoms with Gasteiger partial charge in [0.2, 0.25) is 0 Å². The van der Waals surface area contributed by atoms with Crippen molar-refractivity contribution in [3.63, 3.8) is 0 Å². The summed E-state index contributed by atoms with van der Waals surface area (Å²) < 4.78 is 1.55. The van der Waals surface area contributed by atoms with E-state index in [1.54, 1.807) is 15.8 Å². The van der Waals surface area contributed by atoms with Gasteiger partial charge in [-0.05, 0) is 36.4 Å². The number of hydrazine groups is 2. The van der Waals surface area contributed by atoms with Crippen molar-refractivity contribution in [2.75, 3.05) is 18.5 Å². The minimum absolute atomic E-state index is 0.486. The second-order valence-corrected chi connectivity index (χ2v) is 4.14. The molecule has 0 spiro atoms. The van der Waals surface area contributed by atoms with E-state index in [-0.39, 0.29) is 0 Å². The Morgan fingerprint density at radius 2 is 2.31 bits per heavy atom. The topological polar surface area (TPSA) is 48.1 Å². The molecule has 0 saturated heterocycles. The molecule has 6 heteroatoms. The molecule has 0 amide bonds. The van der Waals surface area contributed by atoms with Crippen LogP contribution in [0.25, 0.3) is 0 Å². The zero-order valence-electron chi connectivity index (χ0n) is 9.05. The summed E-state index contributed by atoms with van der Waals surface area (Å²) in [6, 6.07) is 7.93. The smallest absolute Gasteiger partial charge is 0.110 e. The highest BCUT2D eigenvalue weighted by Crippen LogP contribution is 2.15. The third kappa shape index (κ3) is 2.44. The Balaban J connectivity index is 2.15. The van der Waals surface area contributed by atoms with Gasteiger partial charge >= 0.3 is 0 Å². The zero-order chi connectivity index (χ0) is 11.5. The number of aryl methyl sites for hydroxylation is 1. The first-order chi connectivity index (χ1) is 7.66. The Hall–Kier alpha value is -1.30. The summed E-state index contributed by atoms with van der Waals surface area (Å²) in [5, 5.41) is 3.27. The average Bonchev–Trinajstić information content (AvgIpc) is 2.28. The highest BCUT2D eigenvalue weighted by Gasteiger charge is 2.16. The minimum atomic E-state index is 0.486. The van der Waals surface area contributed by atoms with Gasteiger partial charge in [0.25, 0.3) is 0 Å². The molecule has 2 rings (SSSR count). The average molecular weight is 240 g/mol. The van der Waals surface area contributed by atoms with Gasteiger partial charge in [-0.15, -0.1) is 0 Å². The van der Waals surface area contributed by atoms with E-state index in [2.05, 4.69) is 4.99 Å². The molecule has 0 bridgehead atoms. The van der Waals surface area contributed by atoms with Crippen LogP contribution in [0.1, 0.15) is 5.56 Å². The molecule has 0 aliphatic carbocycles. The molecule has 1 aliphatic heterocycles. The first-order valence-electron chi connectivity index (χ1n) is 4.95. The lowest BCUT2D eigenvalue weighted by molar-refractivity contribution is 0.262. The van der Waals surface area contributed by atoms with Crippen molar-refractivity contribution in [2.24, 2.45) is 10.8 Å². The van der Waals surface area contributed by atoms with Crippen molar-refractivity contribution in [3.05, 3.63) is 29.8 Å². The molecule has 0 fully saturated rings. The van der Waals surface area contributed by atoms with Crippen LogP contribution in [-0.4, -0.2) is 29.1 Å². The van der Waals surface area contributed by atoms with Gasteiger partial charge in [0.05, 0.1) is 5.69 Å². The SMILES string of the molecule is Cc1cccc(N(N)N2C=NCN(Cl)C2)c1. The molecule has 0 radical (unpaired) electrons. The fraction of sp³-hybridized carbons (Fsp3) is 0.300. The monoisotopic (exact) mass is 239 g/mol. The lowest BCUT2D eigenvalue weighted by Gasteiger charge is -2.34. The Kier molecular flexibility index (Phi) is 3.28. The maximum absolute atomic E-state index is 5.98. The molecule has 1 aromatic carbocycles. The van der Waals surface area contributed by atoms with Gasteiger partial charge in [-0.25, -0.2) is 16.0 Å². The van der Waals surface area contributed by atoms with Gasteiger partial charge < -0.3 is 0 Å². The number of rotatable bonds is 2. The van der Waals surface area contributed by atoms with Crippen LogP contribution in [0.2, 0.25) is 0 Å². The molecule has 0 saturated carbocycles. The largest absolute Gasteiger partial charge is 0.257 e. The molecule has 0 aromatic heterocycles. The van der Waals surface area contributed by atoms with Crippen LogP contribution in [0, 0.1) is 6.92 Å². The summed E-state index contributed by atoms with van der Waals surface area (Å²) in [5.74, 6) is 5.98. The number of halogens is 1. The third-order valence-corrected chi connectivity index (χ3v) is 2.51. The molecular formula is C10H14ClN5. The highest BCUT2D eigenvalue weighted by atomic mass is 35.5. The van der Waals surface area contributed by atoms with Gasteiger partial charge in [-0.3, -0.25) is 4.99 Å². The van der Waals surface area contributed by atoms with E-state index in [9.17, 15) is 0 Å². The summed E-state index contributed by atoms with van der Waals surface area (Å²) in [4.78, 5) is 4.08. The number of nitrogens with two attached hydrogens (primary N) is 1. The minimum Gasteiger partial charge on any atom is -0.257 e. The van der Waals surface area contributed by atoms with E-state index in [1.807, 2.05) is 31.2 Å². The number of nitrogens with zero attached hydrogens (tertiary/aromatic N) is 4. The Morgan fingerprint density at radius 3 is 3.00 bits per heavy atom. The van der Waals surface area contributed by atoms with Crippen molar-refractivity contribution < 1.29 is 0 Å². The zero-order valence-corrected chi connectivity index (χ0v) is 9.80. The molecule has 5 nitrogen and oxygen atoms in total. The lowest BCUT2D eigenvalue weighted by atomic mass is 10.2. The van der Waals surface area contributed by atoms with E-state index in [1.165, 1.54) is 5.12 Å². The summed E-state index contributed by atoms with van der Waals surface area (Å²) in [6.45, 7) is 3.02. The maximum Gasteiger partial charge on any atom is 0.110 e. The number of hydrogen-bond acceptors (Lipinski definition) is 5. The lowest BCUT2D eigenvalue weighted by Crippen LogP contribution is -2.52. The van der Waals surface area contributed by atoms with Gasteiger partial charge in [0, 0.05) is 0 Å². The van der Waals surface area contributed by atoms with Gasteiger partial charge in [0.1, 0.15) is 19.7 Å². The number of benzene rings is 1. The molecule has 0 atom stereocenters. The summed E-state index contributed by atoms with van der Waals surface area (Å²) in [7, 11) is 0. The molecule has 0 unspecified atom stereocenters. The predicted molar refractivity (Wildman–Crippen MR) is 65.6 cm³/mol. The Morgan fingerprint density at radius 1 is 1.50 bits per heavy atom. The first-order valence-corrected chi connectivity index (χ1v) is 5.29. The third-order valence-electron chi connectivity index (χ3n) is 2.29. The van der Waals surface area contributed by atoms with E-state index >= 15 is 0 Å². The van der Waals surface area contributed by atoms with Gasteiger partial charge in [-0.2, -0.15) is 4.42 Å². The Bertz CT molecular complexity index is 395. The molecule has 1 aromatic rings. The number of hydrogen-bond donors (Lipinski definition) is 1. The van der Waals surface area contributed by atoms with Crippen LogP contribution in [-0.2, 0) is 0 Å². The molecule has 16 heavy (non-hydrogen) atoms. The van der Waals surface area contributed by atoms with Crippen LogP contribution < -0.4 is 11.0 Å². The van der Waals surface area contributed by atoms with Crippen molar-refractivity contribution in [3.8, 4) is 0 Å². The van der Waals surface area contributed by atoms with Crippen molar-refractivity contribution in [2.45, 2.75) is 6.92 Å². The fourth-order valence-corrected chi connectivity index (χ4v) is 1.67. The maximum atomic E-state index is 5.98. The molecule has 2 N–H and O–H groups in total. The summed E-state index contributed by atoms with van der Waals surface area (Å²) in [5.41, 5.74) is 2.06. The quantitative estimate of drug-likeness (QED) is 0.480. The molecule has 86 valence electrons. The second kappa shape index (κ2) is 4.69. The van der Waals surface area contributed by atoms with Crippen molar-refractivity contribution >= 4 is 23.8 Å². The van der Waals surface area contributed by atoms with Gasteiger partial charge in [-0.1, -0.05) is 12.1 Å². The summed E-state index contributed by atoms with van der Waals surface area (Å²) >= 11 is 5.87. The van der Waals surface area contributed by atoms with Gasteiger partial charge in [0.15, 0.2) is 0 Å². The second-order valence-electron chi connectivity index (χ2n) is 3.67. The van der Waals surface area contributed by atoms with E-state index in [0.29, 0.717) is 13.3 Å². The standard InChI is InChI=1S/C10H14ClN5/c1-9-3-2-4-10(5-9)16(12)15-7-13-6-14(11)8-15/h2-5,7H,6,8,12H2,1H3. The number of anilines is 1. The van der Waals surface area contributed by atoms with Crippen LogP contribution in [0.4, 0.5) is 5.69 Å². The summed E-state index contributed by atoms with van der Waals surface area (Å²) in [6.07, 6.45) is 1.68. The first kappa shape index (κ1) is 11.2. The van der Waals surface area contributed by atoms with Crippen molar-refractivity contribution in [1.29, 1.82) is 0 Å². The van der Waals surface area contributed by atoms with Crippen LogP contribution in [0.5, 0.6) is 0 Å². The fourth-order valence-electron chi connectivity index (χ4n) is 1.50. The highest BCUT2D eigenvalue weighted by molar-refractivity contribution is 6.13. The van der Waals surface area contributed by atoms with Crippen LogP contribution in [0.15, 0.2) is 29.3 Å². The normalized spacial score (nSPS) is 16.6. The predicted octanol–water partition coefficient (Wildman–Crippen LogP) is 1.30. The van der Waals surface area contributed by atoms with Crippen molar-refractivity contribution in [1.82, 2.24) is 9.43 Å². The molecule has 1 aliphatic rings. The Labute approximate surface area is 99.8 Å². The van der Waals surface area contributed by atoms with Crippen LogP contribution in [0.3, 0.4) is 0 Å². The van der Waals surface area contributed by atoms with Crippen LogP contribution >= 0.6 is 11.8 Å². The van der Waals surface area contributed by atoms with E-state index < -0.39 is 0 Å². The molecular weight excluding hydrogens is 226 g/mol. The van der Waals surface area contributed by atoms with E-state index in [4.69, 9.17) is 17.6 Å². The molecule has 1 heterocycles. The number of aliphatic imine (C=N–C) groups is 1. The van der Waals surface area contributed by atoms with E-state index in [0.717, 1.165) is 11.3 Å².